The summed E-state index contributed by atoms with van der Waals surface area (Å²) in [4.78, 5) is 18.4. The number of ether oxygens (including phenoxy) is 2. The summed E-state index contributed by atoms with van der Waals surface area (Å²) in [6.07, 6.45) is 19.0. The number of thiazole rings is 2. The molecule has 3 N–H and O–H groups in total. The van der Waals surface area contributed by atoms with E-state index in [2.05, 4.69) is 50.2 Å². The first-order valence-corrected chi connectivity index (χ1v) is 21.6. The van der Waals surface area contributed by atoms with Gasteiger partial charge >= 0.3 is 0 Å². The van der Waals surface area contributed by atoms with E-state index in [0.29, 0.717) is 23.3 Å². The monoisotopic (exact) mass is 782 g/mol. The van der Waals surface area contributed by atoms with Crippen molar-refractivity contribution in [1.82, 2.24) is 25.3 Å². The fourth-order valence-electron chi connectivity index (χ4n) is 8.87. The summed E-state index contributed by atoms with van der Waals surface area (Å²) in [5, 5.41) is 21.8. The number of anilines is 2. The molecule has 0 spiro atoms. The van der Waals surface area contributed by atoms with Crippen molar-refractivity contribution in [3.63, 3.8) is 0 Å². The van der Waals surface area contributed by atoms with Crippen LogP contribution in [0.25, 0.3) is 26.0 Å². The Morgan fingerprint density at radius 1 is 0.768 bits per heavy atom. The molecule has 5 heterocycles. The number of fused-ring (bicyclic) bond motifs is 2. The van der Waals surface area contributed by atoms with Gasteiger partial charge in [-0.2, -0.15) is 5.26 Å². The Hall–Kier alpha value is -5.09. The van der Waals surface area contributed by atoms with Gasteiger partial charge in [0.15, 0.2) is 10.3 Å². The van der Waals surface area contributed by atoms with Crippen molar-refractivity contribution in [1.29, 1.82) is 5.26 Å². The molecule has 9 rings (SSSR count). The number of pyridine rings is 2. The topological polar surface area (TPSA) is 130 Å². The van der Waals surface area contributed by atoms with E-state index in [1.165, 1.54) is 56.9 Å². The van der Waals surface area contributed by atoms with E-state index in [0.717, 1.165) is 97.9 Å². The smallest absolute Gasteiger partial charge is 0.183 e. The minimum absolute atomic E-state index is 0.371. The molecule has 6 aromatic rings. The highest BCUT2D eigenvalue weighted by Gasteiger charge is 2.35. The highest BCUT2D eigenvalue weighted by atomic mass is 32.1. The minimum Gasteiger partial charge on any atom is -0.456 e. The van der Waals surface area contributed by atoms with Gasteiger partial charge in [-0.3, -0.25) is 4.98 Å². The first-order valence-electron chi connectivity index (χ1n) is 20.0. The normalized spacial score (nSPS) is 21.3. The van der Waals surface area contributed by atoms with Crippen molar-refractivity contribution in [3.05, 3.63) is 90.5 Å². The van der Waals surface area contributed by atoms with Crippen molar-refractivity contribution in [2.24, 2.45) is 23.7 Å². The lowest BCUT2D eigenvalue weighted by atomic mass is 9.66. The Bertz CT molecular complexity index is 2370. The Morgan fingerprint density at radius 2 is 1.52 bits per heavy atom. The van der Waals surface area contributed by atoms with Crippen molar-refractivity contribution in [2.45, 2.75) is 57.8 Å². The molecule has 2 aliphatic carbocycles. The van der Waals surface area contributed by atoms with Gasteiger partial charge in [-0.15, -0.1) is 0 Å². The van der Waals surface area contributed by atoms with Crippen LogP contribution in [0.1, 0.15) is 69.0 Å². The van der Waals surface area contributed by atoms with E-state index < -0.39 is 0 Å². The third-order valence-electron chi connectivity index (χ3n) is 11.6. The van der Waals surface area contributed by atoms with Gasteiger partial charge in [0.05, 0.1) is 32.8 Å². The van der Waals surface area contributed by atoms with Crippen LogP contribution in [-0.4, -0.2) is 46.1 Å². The summed E-state index contributed by atoms with van der Waals surface area (Å²) in [5.74, 6) is 5.74. The van der Waals surface area contributed by atoms with E-state index >= 15 is 0 Å². The maximum absolute atomic E-state index is 9.02. The SMILES string of the molecule is N#Cc1ccc(Oc2ccc3nc(NCC4CCCCC4C4CCCC(CNc5nc6ccc(Oc7cncc(C8=CCNCC8)c7)cc6s5)C4)sc3c2)cn1. The van der Waals surface area contributed by atoms with Crippen molar-refractivity contribution >= 4 is 58.9 Å². The highest BCUT2D eigenvalue weighted by molar-refractivity contribution is 7.22. The molecule has 12 heteroatoms. The van der Waals surface area contributed by atoms with Crippen LogP contribution in [0.15, 0.2) is 79.3 Å². The van der Waals surface area contributed by atoms with E-state index in [4.69, 9.17) is 24.7 Å². The van der Waals surface area contributed by atoms with Gasteiger partial charge in [-0.25, -0.2) is 15.0 Å². The van der Waals surface area contributed by atoms with Crippen LogP contribution in [0.2, 0.25) is 0 Å². The first-order chi connectivity index (χ1) is 27.6. The van der Waals surface area contributed by atoms with Gasteiger partial charge < -0.3 is 25.4 Å². The molecule has 0 amide bonds. The first kappa shape index (κ1) is 36.5. The molecule has 2 fully saturated rings. The highest BCUT2D eigenvalue weighted by Crippen LogP contribution is 2.44. The third kappa shape index (κ3) is 8.65. The Balaban J connectivity index is 0.785. The number of hydrogen-bond donors (Lipinski definition) is 3. The standard InChI is InChI=1S/C44H46N8O2S2/c45-22-33-8-9-36(27-48-33)53-34-10-12-40-41(20-34)56-44(52-40)50-25-31-5-1-2-7-38(31)30-6-3-4-28(18-30)23-49-43-51-39-13-11-35(21-42(39)55-43)54-37-19-32(24-47-26-37)29-14-16-46-17-15-29/h8-14,19-21,24,26-28,30-31,38,46H,1-7,15-18,23,25H2,(H,49,51)(H,50,52). The fraction of sp³-hybridized carbons (Fsp3) is 0.386. The molecule has 4 atom stereocenters. The Kier molecular flexibility index (Phi) is 11.1. The van der Waals surface area contributed by atoms with Gasteiger partial charge in [-0.1, -0.05) is 54.4 Å². The fourth-order valence-corrected chi connectivity index (χ4v) is 10.7. The van der Waals surface area contributed by atoms with E-state index in [1.54, 1.807) is 47.2 Å². The minimum atomic E-state index is 0.371. The zero-order valence-electron chi connectivity index (χ0n) is 31.4. The van der Waals surface area contributed by atoms with E-state index in [9.17, 15) is 0 Å². The average molecular weight is 783 g/mol. The lowest BCUT2D eigenvalue weighted by Gasteiger charge is -2.41. The van der Waals surface area contributed by atoms with Crippen LogP contribution in [0.5, 0.6) is 23.0 Å². The largest absolute Gasteiger partial charge is 0.456 e. The molecule has 4 unspecified atom stereocenters. The van der Waals surface area contributed by atoms with Gasteiger partial charge in [0, 0.05) is 38.0 Å². The second kappa shape index (κ2) is 17.0. The average Bonchev–Trinajstić information content (AvgIpc) is 3.86. The summed E-state index contributed by atoms with van der Waals surface area (Å²) in [6, 6.07) is 19.7. The van der Waals surface area contributed by atoms with Crippen LogP contribution in [0, 0.1) is 35.0 Å². The number of aromatic nitrogens is 4. The molecule has 0 radical (unpaired) electrons. The third-order valence-corrected chi connectivity index (χ3v) is 13.6. The van der Waals surface area contributed by atoms with Crippen LogP contribution in [0.3, 0.4) is 0 Å². The van der Waals surface area contributed by atoms with Gasteiger partial charge in [0.1, 0.15) is 34.8 Å². The summed E-state index contributed by atoms with van der Waals surface area (Å²) < 4.78 is 14.5. The number of rotatable bonds is 12. The summed E-state index contributed by atoms with van der Waals surface area (Å²) in [6.45, 7) is 3.83. The summed E-state index contributed by atoms with van der Waals surface area (Å²) >= 11 is 3.39. The van der Waals surface area contributed by atoms with Crippen LogP contribution in [0.4, 0.5) is 10.3 Å². The maximum atomic E-state index is 9.02. The number of benzene rings is 2. The number of nitrogens with zero attached hydrogens (tertiary/aromatic N) is 5. The Morgan fingerprint density at radius 3 is 2.25 bits per heavy atom. The second-order valence-electron chi connectivity index (χ2n) is 15.3. The van der Waals surface area contributed by atoms with Gasteiger partial charge in [0.2, 0.25) is 0 Å². The molecule has 2 aromatic carbocycles. The Labute approximate surface area is 335 Å². The predicted octanol–water partition coefficient (Wildman–Crippen LogP) is 10.7. The molecule has 2 saturated carbocycles. The van der Waals surface area contributed by atoms with E-state index in [1.807, 2.05) is 36.5 Å². The number of nitriles is 1. The zero-order valence-corrected chi connectivity index (χ0v) is 33.0. The number of nitrogens with one attached hydrogen (secondary N) is 3. The molecular formula is C44H46N8O2S2. The predicted molar refractivity (Wildman–Crippen MR) is 226 cm³/mol. The molecule has 10 nitrogen and oxygen atoms in total. The quantitative estimate of drug-likeness (QED) is 0.110. The van der Waals surface area contributed by atoms with Gasteiger partial charge in [0.25, 0.3) is 0 Å². The summed E-state index contributed by atoms with van der Waals surface area (Å²) in [7, 11) is 0. The van der Waals surface area contributed by atoms with Crippen LogP contribution in [-0.2, 0) is 0 Å². The molecule has 286 valence electrons. The molecular weight excluding hydrogens is 737 g/mol. The molecule has 56 heavy (non-hydrogen) atoms. The maximum Gasteiger partial charge on any atom is 0.183 e. The van der Waals surface area contributed by atoms with Crippen molar-refractivity contribution < 1.29 is 9.47 Å². The van der Waals surface area contributed by atoms with Crippen molar-refractivity contribution in [3.8, 4) is 29.1 Å². The van der Waals surface area contributed by atoms with Crippen LogP contribution < -0.4 is 25.4 Å². The van der Waals surface area contributed by atoms with Crippen LogP contribution >= 0.6 is 22.7 Å². The molecule has 3 aliphatic rings. The second-order valence-corrected chi connectivity index (χ2v) is 17.4. The van der Waals surface area contributed by atoms with E-state index in [-0.39, 0.29) is 0 Å². The number of hydrogen-bond acceptors (Lipinski definition) is 12. The molecule has 1 aliphatic heterocycles. The lowest BCUT2D eigenvalue weighted by molar-refractivity contribution is 0.115. The molecule has 0 saturated heterocycles. The van der Waals surface area contributed by atoms with Crippen molar-refractivity contribution in [2.75, 3.05) is 36.8 Å². The molecule has 0 bridgehead atoms. The lowest BCUT2D eigenvalue weighted by Crippen LogP contribution is -2.35. The van der Waals surface area contributed by atoms with Gasteiger partial charge in [-0.05, 0) is 116 Å². The molecule has 4 aromatic heterocycles. The summed E-state index contributed by atoms with van der Waals surface area (Å²) in [5.41, 5.74) is 4.78. The zero-order chi connectivity index (χ0) is 37.7.